The Morgan fingerprint density at radius 2 is 2.41 bits per heavy atom. The molecule has 17 heavy (non-hydrogen) atoms. The van der Waals surface area contributed by atoms with E-state index < -0.39 is 12.0 Å². The highest BCUT2D eigenvalue weighted by molar-refractivity contribution is 7.98. The van der Waals surface area contributed by atoms with Crippen LogP contribution in [0.25, 0.3) is 0 Å². The maximum atomic E-state index is 10.7. The van der Waals surface area contributed by atoms with Gasteiger partial charge in [0.15, 0.2) is 0 Å². The number of carbonyl (C=O) groups is 1. The Hall–Kier alpha value is -1.71. The van der Waals surface area contributed by atoms with E-state index in [1.807, 2.05) is 12.3 Å². The Bertz CT molecular complexity index is 457. The normalized spacial score (nSPS) is 11.6. The minimum atomic E-state index is -1.26. The third-order valence-electron chi connectivity index (χ3n) is 2.17. The van der Waals surface area contributed by atoms with Crippen molar-refractivity contribution >= 4 is 23.4 Å². The Labute approximate surface area is 104 Å². The first-order valence-electron chi connectivity index (χ1n) is 4.88. The third-order valence-corrected chi connectivity index (χ3v) is 2.95. The number of hydrogen-bond acceptors (Lipinski definition) is 5. The van der Waals surface area contributed by atoms with Crippen molar-refractivity contribution in [2.45, 2.75) is 11.0 Å². The molecule has 0 fully saturated rings. The van der Waals surface area contributed by atoms with E-state index in [1.165, 1.54) is 11.8 Å². The minimum absolute atomic E-state index is 0.0121. The molecule has 0 saturated heterocycles. The number of hydrogen-bond donors (Lipinski definition) is 3. The number of carbonyl (C=O) groups excluding carboxylic acids is 1. The monoisotopic (exact) mass is 251 g/mol. The van der Waals surface area contributed by atoms with Crippen LogP contribution in [0.1, 0.15) is 5.56 Å². The molecule has 1 rings (SSSR count). The van der Waals surface area contributed by atoms with Crippen LogP contribution in [-0.4, -0.2) is 29.9 Å². The molecule has 0 heterocycles. The maximum absolute atomic E-state index is 10.7. The van der Waals surface area contributed by atoms with Gasteiger partial charge in [-0.3, -0.25) is 4.79 Å². The van der Waals surface area contributed by atoms with Crippen molar-refractivity contribution in [1.82, 2.24) is 0 Å². The number of nitriles is 1. The van der Waals surface area contributed by atoms with Gasteiger partial charge in [-0.25, -0.2) is 0 Å². The van der Waals surface area contributed by atoms with Crippen LogP contribution in [0.15, 0.2) is 23.1 Å². The predicted octanol–water partition coefficient (Wildman–Crippen LogP) is 0.538. The van der Waals surface area contributed by atoms with E-state index in [0.29, 0.717) is 11.3 Å². The van der Waals surface area contributed by atoms with E-state index in [1.54, 1.807) is 12.1 Å². The number of anilines is 1. The number of amides is 1. The lowest BCUT2D eigenvalue weighted by Gasteiger charge is -2.12. The number of primary amides is 1. The molecule has 5 nitrogen and oxygen atoms in total. The summed E-state index contributed by atoms with van der Waals surface area (Å²) in [5.74, 6) is -0.794. The third kappa shape index (κ3) is 3.37. The lowest BCUT2D eigenvalue weighted by molar-refractivity contribution is -0.125. The van der Waals surface area contributed by atoms with Crippen molar-refractivity contribution in [3.63, 3.8) is 0 Å². The zero-order valence-electron chi connectivity index (χ0n) is 9.30. The molecular weight excluding hydrogens is 238 g/mol. The van der Waals surface area contributed by atoms with Crippen LogP contribution in [0.4, 0.5) is 5.69 Å². The molecule has 90 valence electrons. The number of nitrogens with two attached hydrogens (primary N) is 1. The van der Waals surface area contributed by atoms with Gasteiger partial charge < -0.3 is 16.2 Å². The van der Waals surface area contributed by atoms with E-state index >= 15 is 0 Å². The first-order valence-corrected chi connectivity index (χ1v) is 6.11. The molecule has 0 aliphatic heterocycles. The molecule has 1 unspecified atom stereocenters. The summed E-state index contributed by atoms with van der Waals surface area (Å²) in [6.07, 6.45) is 0.609. The summed E-state index contributed by atoms with van der Waals surface area (Å²) in [7, 11) is 0. The topological polar surface area (TPSA) is 99.1 Å². The Balaban J connectivity index is 2.85. The summed E-state index contributed by atoms with van der Waals surface area (Å²) < 4.78 is 0. The smallest absolute Gasteiger partial charge is 0.248 e. The fourth-order valence-electron chi connectivity index (χ4n) is 1.27. The predicted molar refractivity (Wildman–Crippen MR) is 66.6 cm³/mol. The summed E-state index contributed by atoms with van der Waals surface area (Å²) in [6.45, 7) is -0.0121. The molecule has 0 aliphatic carbocycles. The summed E-state index contributed by atoms with van der Waals surface area (Å²) in [5, 5.41) is 21.1. The van der Waals surface area contributed by atoms with Gasteiger partial charge in [0.05, 0.1) is 11.3 Å². The molecule has 1 aromatic carbocycles. The average Bonchev–Trinajstić information content (AvgIpc) is 2.34. The van der Waals surface area contributed by atoms with Gasteiger partial charge in [0, 0.05) is 11.4 Å². The SMILES string of the molecule is CSc1cccc(NCC(O)C(N)=O)c1C#N. The van der Waals surface area contributed by atoms with Gasteiger partial charge >= 0.3 is 0 Å². The molecule has 1 aromatic rings. The number of rotatable bonds is 5. The molecule has 1 atom stereocenters. The van der Waals surface area contributed by atoms with Crippen molar-refractivity contribution in [1.29, 1.82) is 5.26 Å². The quantitative estimate of drug-likeness (QED) is 0.663. The van der Waals surface area contributed by atoms with Crippen molar-refractivity contribution < 1.29 is 9.90 Å². The fourth-order valence-corrected chi connectivity index (χ4v) is 1.85. The van der Waals surface area contributed by atoms with Crippen molar-refractivity contribution in [2.24, 2.45) is 5.73 Å². The van der Waals surface area contributed by atoms with Crippen molar-refractivity contribution in [3.05, 3.63) is 23.8 Å². The van der Waals surface area contributed by atoms with E-state index in [4.69, 9.17) is 11.0 Å². The van der Waals surface area contributed by atoms with Gasteiger partial charge in [-0.05, 0) is 18.4 Å². The largest absolute Gasteiger partial charge is 0.381 e. The molecular formula is C11H13N3O2S. The fraction of sp³-hybridized carbons (Fsp3) is 0.273. The van der Waals surface area contributed by atoms with Gasteiger partial charge in [0.25, 0.3) is 0 Å². The van der Waals surface area contributed by atoms with Gasteiger partial charge in [-0.2, -0.15) is 5.26 Å². The molecule has 0 saturated carbocycles. The zero-order valence-corrected chi connectivity index (χ0v) is 10.1. The van der Waals surface area contributed by atoms with E-state index in [-0.39, 0.29) is 6.54 Å². The highest BCUT2D eigenvalue weighted by Crippen LogP contribution is 2.26. The molecule has 4 N–H and O–H groups in total. The number of aliphatic hydroxyl groups excluding tert-OH is 1. The lowest BCUT2D eigenvalue weighted by atomic mass is 10.2. The second kappa shape index (κ2) is 6.13. The van der Waals surface area contributed by atoms with Crippen molar-refractivity contribution in [2.75, 3.05) is 18.1 Å². The Morgan fingerprint density at radius 1 is 1.71 bits per heavy atom. The van der Waals surface area contributed by atoms with E-state index in [0.717, 1.165) is 4.90 Å². The van der Waals surface area contributed by atoms with Crippen LogP contribution in [-0.2, 0) is 4.79 Å². The molecule has 0 aromatic heterocycles. The van der Waals surface area contributed by atoms with Gasteiger partial charge in [0.1, 0.15) is 12.2 Å². The minimum Gasteiger partial charge on any atom is -0.381 e. The van der Waals surface area contributed by atoms with Crippen LogP contribution < -0.4 is 11.1 Å². The van der Waals surface area contributed by atoms with E-state index in [9.17, 15) is 9.90 Å². The number of thioether (sulfide) groups is 1. The van der Waals surface area contributed by atoms with Gasteiger partial charge in [-0.15, -0.1) is 11.8 Å². The molecule has 0 bridgehead atoms. The zero-order chi connectivity index (χ0) is 12.8. The summed E-state index contributed by atoms with van der Waals surface area (Å²) in [4.78, 5) is 11.5. The second-order valence-electron chi connectivity index (χ2n) is 3.29. The first kappa shape index (κ1) is 13.4. The van der Waals surface area contributed by atoms with Gasteiger partial charge in [-0.1, -0.05) is 6.07 Å². The lowest BCUT2D eigenvalue weighted by Crippen LogP contribution is -2.34. The summed E-state index contributed by atoms with van der Waals surface area (Å²) in [6, 6.07) is 7.43. The standard InChI is InChI=1S/C11H13N3O2S/c1-17-10-4-2-3-8(7(10)5-12)14-6-9(15)11(13)16/h2-4,9,14-15H,6H2,1H3,(H2,13,16). The molecule has 0 aliphatic rings. The average molecular weight is 251 g/mol. The molecule has 0 spiro atoms. The molecule has 0 radical (unpaired) electrons. The molecule has 6 heteroatoms. The number of nitrogens with one attached hydrogen (secondary N) is 1. The Morgan fingerprint density at radius 3 is 2.94 bits per heavy atom. The highest BCUT2D eigenvalue weighted by atomic mass is 32.2. The number of aliphatic hydroxyl groups is 1. The van der Waals surface area contributed by atoms with Gasteiger partial charge in [0.2, 0.25) is 5.91 Å². The number of nitrogens with zero attached hydrogens (tertiary/aromatic N) is 1. The van der Waals surface area contributed by atoms with E-state index in [2.05, 4.69) is 11.4 Å². The maximum Gasteiger partial charge on any atom is 0.248 e. The summed E-state index contributed by atoms with van der Waals surface area (Å²) >= 11 is 1.46. The number of benzene rings is 1. The highest BCUT2D eigenvalue weighted by Gasteiger charge is 2.12. The molecule has 1 amide bonds. The Kier molecular flexibility index (Phi) is 4.82. The van der Waals surface area contributed by atoms with Crippen LogP contribution in [0, 0.1) is 11.3 Å². The second-order valence-corrected chi connectivity index (χ2v) is 4.14. The van der Waals surface area contributed by atoms with Crippen LogP contribution >= 0.6 is 11.8 Å². The summed E-state index contributed by atoms with van der Waals surface area (Å²) in [5.41, 5.74) is 6.01. The first-order chi connectivity index (χ1) is 8.10. The van der Waals surface area contributed by atoms with Crippen molar-refractivity contribution in [3.8, 4) is 6.07 Å². The van der Waals surface area contributed by atoms with Crippen LogP contribution in [0.5, 0.6) is 0 Å². The van der Waals surface area contributed by atoms with Crippen LogP contribution in [0.2, 0.25) is 0 Å². The van der Waals surface area contributed by atoms with Crippen LogP contribution in [0.3, 0.4) is 0 Å².